The first-order valence-electron chi connectivity index (χ1n) is 10.3. The van der Waals surface area contributed by atoms with Crippen LogP contribution >= 0.6 is 0 Å². The molecule has 1 amide bonds. The zero-order chi connectivity index (χ0) is 21.8. The first kappa shape index (κ1) is 23.0. The molecule has 2 aliphatic heterocycles. The zero-order valence-electron chi connectivity index (χ0n) is 16.9. The molecule has 0 aliphatic carbocycles. The Morgan fingerprint density at radius 2 is 1.57 bits per heavy atom. The summed E-state index contributed by atoms with van der Waals surface area (Å²) in [6.45, 7) is 1.46. The number of amides is 1. The maximum absolute atomic E-state index is 12.6. The Labute approximate surface area is 175 Å². The van der Waals surface area contributed by atoms with Gasteiger partial charge in [0.1, 0.15) is 0 Å². The number of rotatable bonds is 6. The molecule has 0 N–H and O–H groups in total. The van der Waals surface area contributed by atoms with Crippen LogP contribution in [0.1, 0.15) is 31.2 Å². The van der Waals surface area contributed by atoms with Crippen molar-refractivity contribution in [2.24, 2.45) is 0 Å². The van der Waals surface area contributed by atoms with E-state index in [9.17, 15) is 26.4 Å². The molecule has 6 nitrogen and oxygen atoms in total. The van der Waals surface area contributed by atoms with E-state index in [4.69, 9.17) is 0 Å². The van der Waals surface area contributed by atoms with E-state index in [1.165, 1.54) is 9.21 Å². The highest BCUT2D eigenvalue weighted by atomic mass is 32.2. The Morgan fingerprint density at radius 1 is 0.900 bits per heavy atom. The minimum atomic E-state index is -4.23. The summed E-state index contributed by atoms with van der Waals surface area (Å²) in [5, 5.41) is 0. The number of carbonyl (C=O) groups is 1. The quantitative estimate of drug-likeness (QED) is 0.672. The Kier molecular flexibility index (Phi) is 7.41. The maximum atomic E-state index is 12.6. The van der Waals surface area contributed by atoms with Gasteiger partial charge in [0.2, 0.25) is 15.9 Å². The molecule has 1 aromatic carbocycles. The minimum absolute atomic E-state index is 0.0855. The molecule has 2 heterocycles. The lowest BCUT2D eigenvalue weighted by Crippen LogP contribution is -2.38. The fraction of sp³-hybridized carbons (Fsp3) is 0.650. The molecule has 0 saturated carbocycles. The van der Waals surface area contributed by atoms with Crippen molar-refractivity contribution in [3.63, 3.8) is 0 Å². The summed E-state index contributed by atoms with van der Waals surface area (Å²) in [5.74, 6) is -0.0855. The van der Waals surface area contributed by atoms with Gasteiger partial charge in [0.05, 0.1) is 11.4 Å². The average Bonchev–Trinajstić information content (AvgIpc) is 3.14. The molecule has 0 aromatic heterocycles. The normalized spacial score (nSPS) is 19.8. The standard InChI is InChI=1S/C20H28F3N3O3S/c21-20(22,23)16-24-10-3-11-25(15-14-24)19(27)9-6-17-4-7-18(8-5-17)30(28,29)26-12-1-2-13-26/h4-5,7-8H,1-3,6,9-16H2. The number of nitrogens with zero attached hydrogens (tertiary/aromatic N) is 3. The molecule has 0 spiro atoms. The number of hydrogen-bond donors (Lipinski definition) is 0. The summed E-state index contributed by atoms with van der Waals surface area (Å²) in [4.78, 5) is 15.7. The number of carbonyl (C=O) groups excluding carboxylic acids is 1. The van der Waals surface area contributed by atoms with E-state index in [2.05, 4.69) is 0 Å². The molecule has 0 unspecified atom stereocenters. The molecular weight excluding hydrogens is 419 g/mol. The molecule has 3 rings (SSSR count). The molecule has 2 saturated heterocycles. The van der Waals surface area contributed by atoms with Crippen LogP contribution in [0.5, 0.6) is 0 Å². The van der Waals surface area contributed by atoms with Gasteiger partial charge in [0.25, 0.3) is 0 Å². The van der Waals surface area contributed by atoms with Crippen molar-refractivity contribution >= 4 is 15.9 Å². The monoisotopic (exact) mass is 447 g/mol. The van der Waals surface area contributed by atoms with Crippen LogP contribution in [0, 0.1) is 0 Å². The SMILES string of the molecule is O=C(CCc1ccc(S(=O)(=O)N2CCCC2)cc1)N1CCCN(CC(F)(F)F)CC1. The number of aryl methyl sites for hydroxylation is 1. The van der Waals surface area contributed by atoms with E-state index < -0.39 is 22.7 Å². The van der Waals surface area contributed by atoms with Crippen molar-refractivity contribution in [2.45, 2.75) is 43.2 Å². The van der Waals surface area contributed by atoms with Crippen molar-refractivity contribution in [2.75, 3.05) is 45.8 Å². The molecule has 10 heteroatoms. The molecule has 2 aliphatic rings. The number of halogens is 3. The lowest BCUT2D eigenvalue weighted by molar-refractivity contribution is -0.145. The van der Waals surface area contributed by atoms with E-state index in [1.54, 1.807) is 29.2 Å². The number of hydrogen-bond acceptors (Lipinski definition) is 4. The topological polar surface area (TPSA) is 60.9 Å². The highest BCUT2D eigenvalue weighted by Crippen LogP contribution is 2.22. The van der Waals surface area contributed by atoms with Gasteiger partial charge in [0, 0.05) is 45.7 Å². The van der Waals surface area contributed by atoms with E-state index in [0.717, 1.165) is 18.4 Å². The molecule has 168 valence electrons. The van der Waals surface area contributed by atoms with Crippen LogP contribution in [0.15, 0.2) is 29.2 Å². The number of sulfonamides is 1. The third-order valence-corrected chi connectivity index (χ3v) is 7.51. The van der Waals surface area contributed by atoms with Gasteiger partial charge < -0.3 is 4.90 Å². The van der Waals surface area contributed by atoms with Crippen molar-refractivity contribution < 1.29 is 26.4 Å². The highest BCUT2D eigenvalue weighted by Gasteiger charge is 2.32. The zero-order valence-corrected chi connectivity index (χ0v) is 17.7. The summed E-state index contributed by atoms with van der Waals surface area (Å²) in [6, 6.07) is 6.61. The largest absolute Gasteiger partial charge is 0.401 e. The first-order valence-corrected chi connectivity index (χ1v) is 11.8. The fourth-order valence-electron chi connectivity index (χ4n) is 3.95. The molecule has 1 aromatic rings. The Hall–Kier alpha value is -1.65. The van der Waals surface area contributed by atoms with E-state index in [1.807, 2.05) is 0 Å². The first-order chi connectivity index (χ1) is 14.1. The molecule has 2 fully saturated rings. The summed E-state index contributed by atoms with van der Waals surface area (Å²) in [7, 11) is -3.45. The van der Waals surface area contributed by atoms with E-state index in [-0.39, 0.29) is 23.8 Å². The summed E-state index contributed by atoms with van der Waals surface area (Å²) in [5.41, 5.74) is 0.859. The summed E-state index contributed by atoms with van der Waals surface area (Å²) in [6.07, 6.45) is -1.24. The van der Waals surface area contributed by atoms with Gasteiger partial charge in [-0.25, -0.2) is 8.42 Å². The van der Waals surface area contributed by atoms with Gasteiger partial charge in [-0.05, 0) is 43.4 Å². The minimum Gasteiger partial charge on any atom is -0.341 e. The van der Waals surface area contributed by atoms with Crippen LogP contribution in [0.2, 0.25) is 0 Å². The lowest BCUT2D eigenvalue weighted by atomic mass is 10.1. The van der Waals surface area contributed by atoms with Gasteiger partial charge in [-0.3, -0.25) is 9.69 Å². The molecule has 0 bridgehead atoms. The van der Waals surface area contributed by atoms with Crippen molar-refractivity contribution in [3.8, 4) is 0 Å². The third kappa shape index (κ3) is 6.18. The molecule has 0 radical (unpaired) electrons. The number of benzene rings is 1. The van der Waals surface area contributed by atoms with Crippen LogP contribution in [-0.2, 0) is 21.2 Å². The predicted molar refractivity (Wildman–Crippen MR) is 106 cm³/mol. The van der Waals surface area contributed by atoms with Crippen LogP contribution in [0.25, 0.3) is 0 Å². The van der Waals surface area contributed by atoms with Crippen molar-refractivity contribution in [1.29, 1.82) is 0 Å². The second-order valence-electron chi connectivity index (χ2n) is 7.88. The Bertz CT molecular complexity index is 822. The molecule has 30 heavy (non-hydrogen) atoms. The summed E-state index contributed by atoms with van der Waals surface area (Å²) >= 11 is 0. The predicted octanol–water partition coefficient (Wildman–Crippen LogP) is 2.50. The average molecular weight is 448 g/mol. The Balaban J connectivity index is 1.50. The highest BCUT2D eigenvalue weighted by molar-refractivity contribution is 7.89. The van der Waals surface area contributed by atoms with Gasteiger partial charge in [-0.1, -0.05) is 12.1 Å². The second kappa shape index (κ2) is 9.65. The van der Waals surface area contributed by atoms with Gasteiger partial charge in [0.15, 0.2) is 0 Å². The molecular formula is C20H28F3N3O3S. The van der Waals surface area contributed by atoms with Crippen LogP contribution in [0.4, 0.5) is 13.2 Å². The fourth-order valence-corrected chi connectivity index (χ4v) is 5.46. The van der Waals surface area contributed by atoms with E-state index >= 15 is 0 Å². The van der Waals surface area contributed by atoms with Gasteiger partial charge in [-0.2, -0.15) is 17.5 Å². The summed E-state index contributed by atoms with van der Waals surface area (Å²) < 4.78 is 64.3. The molecule has 0 atom stereocenters. The van der Waals surface area contributed by atoms with Crippen LogP contribution in [0.3, 0.4) is 0 Å². The maximum Gasteiger partial charge on any atom is 0.401 e. The smallest absolute Gasteiger partial charge is 0.341 e. The van der Waals surface area contributed by atoms with Crippen LogP contribution in [-0.4, -0.2) is 80.4 Å². The van der Waals surface area contributed by atoms with E-state index in [0.29, 0.717) is 45.6 Å². The van der Waals surface area contributed by atoms with Crippen molar-refractivity contribution in [3.05, 3.63) is 29.8 Å². The van der Waals surface area contributed by atoms with Gasteiger partial charge in [-0.15, -0.1) is 0 Å². The Morgan fingerprint density at radius 3 is 2.20 bits per heavy atom. The third-order valence-electron chi connectivity index (χ3n) is 5.60. The number of alkyl halides is 3. The van der Waals surface area contributed by atoms with Gasteiger partial charge >= 0.3 is 6.18 Å². The van der Waals surface area contributed by atoms with Crippen LogP contribution < -0.4 is 0 Å². The lowest BCUT2D eigenvalue weighted by Gasteiger charge is -2.22. The van der Waals surface area contributed by atoms with Crippen molar-refractivity contribution in [1.82, 2.24) is 14.1 Å². The second-order valence-corrected chi connectivity index (χ2v) is 9.82.